The van der Waals surface area contributed by atoms with Crippen LogP contribution in [0.15, 0.2) is 77.7 Å². The van der Waals surface area contributed by atoms with E-state index in [1.165, 1.54) is 0 Å². The number of nitrogens with zero attached hydrogens (tertiary/aromatic N) is 1. The number of para-hydroxylation sites is 1. The molecule has 0 radical (unpaired) electrons. The van der Waals surface area contributed by atoms with Crippen LogP contribution in [-0.4, -0.2) is 33.7 Å². The molecule has 9 heteroatoms. The fourth-order valence-corrected chi connectivity index (χ4v) is 5.26. The summed E-state index contributed by atoms with van der Waals surface area (Å²) in [5, 5.41) is 6.57. The van der Waals surface area contributed by atoms with Gasteiger partial charge in [-0.15, -0.1) is 0 Å². The largest absolute Gasteiger partial charge is 0.497 e. The Bertz CT molecular complexity index is 1210. The zero-order valence-electron chi connectivity index (χ0n) is 18.2. The molecule has 0 spiro atoms. The van der Waals surface area contributed by atoms with Crippen molar-refractivity contribution in [2.45, 2.75) is 17.7 Å². The maximum atomic E-state index is 13.4. The highest BCUT2D eigenvalue weighted by Crippen LogP contribution is 2.32. The molecule has 0 aromatic heterocycles. The Morgan fingerprint density at radius 3 is 2.18 bits per heavy atom. The first-order valence-electron chi connectivity index (χ1n) is 10.6. The predicted molar refractivity (Wildman–Crippen MR) is 138 cm³/mol. The first kappa shape index (κ1) is 22.9. The van der Waals surface area contributed by atoms with Gasteiger partial charge in [0.25, 0.3) is 10.0 Å². The minimum absolute atomic E-state index is 0.202. The summed E-state index contributed by atoms with van der Waals surface area (Å²) >= 11 is 5.41. The second-order valence-corrected chi connectivity index (χ2v) is 9.71. The van der Waals surface area contributed by atoms with Crippen molar-refractivity contribution in [3.63, 3.8) is 0 Å². The van der Waals surface area contributed by atoms with Crippen LogP contribution in [0.2, 0.25) is 0 Å². The van der Waals surface area contributed by atoms with Crippen LogP contribution >= 0.6 is 12.2 Å². The first-order valence-corrected chi connectivity index (χ1v) is 12.5. The lowest BCUT2D eigenvalue weighted by Crippen LogP contribution is -2.24. The van der Waals surface area contributed by atoms with Gasteiger partial charge in [0, 0.05) is 30.2 Å². The van der Waals surface area contributed by atoms with Crippen LogP contribution in [0.5, 0.6) is 5.75 Å². The molecule has 0 atom stereocenters. The summed E-state index contributed by atoms with van der Waals surface area (Å²) in [5.74, 6) is 0.654. The number of benzene rings is 3. The van der Waals surface area contributed by atoms with Crippen molar-refractivity contribution in [2.75, 3.05) is 40.5 Å². The molecule has 1 heterocycles. The van der Waals surface area contributed by atoms with Gasteiger partial charge in [0.1, 0.15) is 10.6 Å². The predicted octanol–water partition coefficient (Wildman–Crippen LogP) is 4.91. The van der Waals surface area contributed by atoms with Crippen LogP contribution in [0, 0.1) is 0 Å². The van der Waals surface area contributed by atoms with Gasteiger partial charge in [-0.2, -0.15) is 0 Å². The van der Waals surface area contributed by atoms with E-state index in [1.54, 1.807) is 37.4 Å². The van der Waals surface area contributed by atoms with Crippen LogP contribution in [0.25, 0.3) is 0 Å². The van der Waals surface area contributed by atoms with E-state index in [4.69, 9.17) is 17.0 Å². The fourth-order valence-electron chi connectivity index (χ4n) is 3.71. The maximum absolute atomic E-state index is 13.4. The number of hydrogen-bond donors (Lipinski definition) is 3. The summed E-state index contributed by atoms with van der Waals surface area (Å²) in [6.45, 7) is 1.65. The monoisotopic (exact) mass is 482 g/mol. The minimum Gasteiger partial charge on any atom is -0.497 e. The van der Waals surface area contributed by atoms with Crippen molar-refractivity contribution < 1.29 is 13.2 Å². The van der Waals surface area contributed by atoms with Gasteiger partial charge in [0.05, 0.1) is 12.8 Å². The lowest BCUT2D eigenvalue weighted by atomic mass is 10.2. The Labute approximate surface area is 199 Å². The number of hydrogen-bond acceptors (Lipinski definition) is 5. The summed E-state index contributed by atoms with van der Waals surface area (Å²) in [7, 11) is -2.29. The van der Waals surface area contributed by atoms with E-state index in [0.29, 0.717) is 27.9 Å². The molecule has 0 unspecified atom stereocenters. The molecule has 4 rings (SSSR count). The summed E-state index contributed by atoms with van der Waals surface area (Å²) < 4.78 is 34.7. The summed E-state index contributed by atoms with van der Waals surface area (Å²) in [5.41, 5.74) is 2.57. The number of sulfonamides is 1. The van der Waals surface area contributed by atoms with Crippen molar-refractivity contribution in [1.29, 1.82) is 0 Å². The average Bonchev–Trinajstić information content (AvgIpc) is 3.35. The van der Waals surface area contributed by atoms with Crippen LogP contribution in [-0.2, 0) is 10.0 Å². The topological polar surface area (TPSA) is 82.7 Å². The molecular weight excluding hydrogens is 456 g/mol. The van der Waals surface area contributed by atoms with E-state index in [1.807, 2.05) is 42.5 Å². The Kier molecular flexibility index (Phi) is 7.00. The standard InChI is InChI=1S/C24H26N4O3S2/c1-31-21-12-9-19(10-13-21)27-33(29,30)23-17-20(11-14-22(23)28-15-5-6-16-28)26-24(32)25-18-7-3-2-4-8-18/h2-4,7-14,17,27H,5-6,15-16H2,1H3,(H2,25,26,32). The summed E-state index contributed by atoms with van der Waals surface area (Å²) in [4.78, 5) is 2.31. The van der Waals surface area contributed by atoms with E-state index in [2.05, 4.69) is 20.3 Å². The highest BCUT2D eigenvalue weighted by Gasteiger charge is 2.25. The third-order valence-corrected chi connectivity index (χ3v) is 6.94. The molecule has 1 saturated heterocycles. The van der Waals surface area contributed by atoms with Crippen LogP contribution in [0.3, 0.4) is 0 Å². The van der Waals surface area contributed by atoms with Crippen LogP contribution in [0.4, 0.5) is 22.7 Å². The molecule has 1 fully saturated rings. The maximum Gasteiger partial charge on any atom is 0.264 e. The quantitative estimate of drug-likeness (QED) is 0.413. The van der Waals surface area contributed by atoms with Gasteiger partial charge in [-0.05, 0) is 79.7 Å². The summed E-state index contributed by atoms with van der Waals surface area (Å²) in [6, 6.07) is 21.6. The second-order valence-electron chi connectivity index (χ2n) is 7.66. The van der Waals surface area contributed by atoms with Gasteiger partial charge in [-0.1, -0.05) is 18.2 Å². The molecule has 1 aliphatic rings. The molecular formula is C24H26N4O3S2. The average molecular weight is 483 g/mol. The Hall–Kier alpha value is -3.30. The zero-order valence-corrected chi connectivity index (χ0v) is 19.9. The number of anilines is 4. The van der Waals surface area contributed by atoms with E-state index in [0.717, 1.165) is 31.6 Å². The van der Waals surface area contributed by atoms with Gasteiger partial charge in [0.15, 0.2) is 5.11 Å². The first-order chi connectivity index (χ1) is 15.9. The van der Waals surface area contributed by atoms with E-state index in [-0.39, 0.29) is 4.90 Å². The van der Waals surface area contributed by atoms with E-state index < -0.39 is 10.0 Å². The number of nitrogens with one attached hydrogen (secondary N) is 3. The third kappa shape index (κ3) is 5.74. The Morgan fingerprint density at radius 1 is 0.879 bits per heavy atom. The lowest BCUT2D eigenvalue weighted by Gasteiger charge is -2.23. The highest BCUT2D eigenvalue weighted by atomic mass is 32.2. The Morgan fingerprint density at radius 2 is 1.52 bits per heavy atom. The van der Waals surface area contributed by atoms with Crippen molar-refractivity contribution in [2.24, 2.45) is 0 Å². The SMILES string of the molecule is COc1ccc(NS(=O)(=O)c2cc(NC(=S)Nc3ccccc3)ccc2N2CCCC2)cc1. The smallest absolute Gasteiger partial charge is 0.264 e. The Balaban J connectivity index is 1.61. The molecule has 0 bridgehead atoms. The molecule has 172 valence electrons. The molecule has 3 aromatic rings. The van der Waals surface area contributed by atoms with Gasteiger partial charge < -0.3 is 20.3 Å². The van der Waals surface area contributed by atoms with Crippen LogP contribution in [0.1, 0.15) is 12.8 Å². The van der Waals surface area contributed by atoms with Crippen molar-refractivity contribution in [1.82, 2.24) is 0 Å². The fraction of sp³-hybridized carbons (Fsp3) is 0.208. The lowest BCUT2D eigenvalue weighted by molar-refractivity contribution is 0.415. The third-order valence-electron chi connectivity index (χ3n) is 5.33. The minimum atomic E-state index is -3.85. The molecule has 1 aliphatic heterocycles. The van der Waals surface area contributed by atoms with Gasteiger partial charge in [-0.25, -0.2) is 8.42 Å². The molecule has 3 aromatic carbocycles. The highest BCUT2D eigenvalue weighted by molar-refractivity contribution is 7.93. The van der Waals surface area contributed by atoms with Crippen LogP contribution < -0.4 is 25.0 Å². The second kappa shape index (κ2) is 10.1. The number of thiocarbonyl (C=S) groups is 1. The molecule has 33 heavy (non-hydrogen) atoms. The molecule has 0 amide bonds. The van der Waals surface area contributed by atoms with Gasteiger partial charge in [-0.3, -0.25) is 4.72 Å². The normalized spacial score (nSPS) is 13.4. The molecule has 0 saturated carbocycles. The number of rotatable bonds is 7. The molecule has 0 aliphatic carbocycles. The van der Waals surface area contributed by atoms with Crippen molar-refractivity contribution in [3.8, 4) is 5.75 Å². The van der Waals surface area contributed by atoms with Crippen molar-refractivity contribution in [3.05, 3.63) is 72.8 Å². The van der Waals surface area contributed by atoms with Gasteiger partial charge >= 0.3 is 0 Å². The van der Waals surface area contributed by atoms with Gasteiger partial charge in [0.2, 0.25) is 0 Å². The summed E-state index contributed by atoms with van der Waals surface area (Å²) in [6.07, 6.45) is 2.08. The number of methoxy groups -OCH3 is 1. The molecule has 3 N–H and O–H groups in total. The van der Waals surface area contributed by atoms with E-state index >= 15 is 0 Å². The molecule has 7 nitrogen and oxygen atoms in total. The zero-order chi connectivity index (χ0) is 23.3. The van der Waals surface area contributed by atoms with E-state index in [9.17, 15) is 8.42 Å². The van der Waals surface area contributed by atoms with Crippen molar-refractivity contribution >= 4 is 50.1 Å². The number of ether oxygens (including phenoxy) is 1.